The fourth-order valence-electron chi connectivity index (χ4n) is 1.54. The van der Waals surface area contributed by atoms with E-state index >= 15 is 0 Å². The Kier molecular flexibility index (Phi) is 4.33. The van der Waals surface area contributed by atoms with E-state index in [9.17, 15) is 8.42 Å². The summed E-state index contributed by atoms with van der Waals surface area (Å²) in [4.78, 5) is 4.08. The number of nitrogens with one attached hydrogen (secondary N) is 1. The largest absolute Gasteiger partial charge is 0.343 e. The van der Waals surface area contributed by atoms with Crippen LogP contribution in [0.25, 0.3) is 0 Å². The number of halogens is 1. The van der Waals surface area contributed by atoms with E-state index in [-0.39, 0.29) is 11.4 Å². The molecule has 8 heteroatoms. The summed E-state index contributed by atoms with van der Waals surface area (Å²) in [7, 11) is -3.53. The number of sulfonamides is 1. The minimum absolute atomic E-state index is 0.216. The Morgan fingerprint density at radius 2 is 2.21 bits per heavy atom. The van der Waals surface area contributed by atoms with Crippen molar-refractivity contribution in [3.8, 4) is 0 Å². The van der Waals surface area contributed by atoms with Crippen molar-refractivity contribution in [2.75, 3.05) is 6.54 Å². The molecule has 6 nitrogen and oxygen atoms in total. The molecular weight excluding hydrogens is 334 g/mol. The number of aromatic nitrogens is 2. The lowest BCUT2D eigenvalue weighted by Gasteiger charge is -2.08. The molecule has 0 spiro atoms. The van der Waals surface area contributed by atoms with Crippen molar-refractivity contribution in [1.82, 2.24) is 14.9 Å². The van der Waals surface area contributed by atoms with Crippen LogP contribution in [0.1, 0.15) is 11.4 Å². The van der Waals surface area contributed by atoms with Crippen LogP contribution in [0, 0.1) is 6.92 Å². The summed E-state index contributed by atoms with van der Waals surface area (Å²) in [5.41, 5.74) is 0.690. The molecule has 0 saturated heterocycles. The molecule has 1 heterocycles. The van der Waals surface area contributed by atoms with E-state index in [0.717, 1.165) is 4.47 Å². The van der Waals surface area contributed by atoms with E-state index < -0.39 is 10.0 Å². The van der Waals surface area contributed by atoms with E-state index in [1.54, 1.807) is 25.1 Å². The number of aryl methyl sites for hydroxylation is 1. The second kappa shape index (κ2) is 5.81. The van der Waals surface area contributed by atoms with Gasteiger partial charge in [-0.15, -0.1) is 0 Å². The first-order valence-corrected chi connectivity index (χ1v) is 7.78. The van der Waals surface area contributed by atoms with Crippen LogP contribution in [0.3, 0.4) is 0 Å². The minimum Gasteiger partial charge on any atom is -0.343 e. The SMILES string of the molecule is Cc1ccc(Br)cc1S(=O)(=O)NCCc1ncon1. The highest BCUT2D eigenvalue weighted by atomic mass is 79.9. The Morgan fingerprint density at radius 1 is 1.42 bits per heavy atom. The monoisotopic (exact) mass is 345 g/mol. The van der Waals surface area contributed by atoms with Gasteiger partial charge in [-0.2, -0.15) is 4.98 Å². The number of nitrogens with zero attached hydrogens (tertiary/aromatic N) is 2. The Hall–Kier alpha value is -1.25. The lowest BCUT2D eigenvalue weighted by Crippen LogP contribution is -2.26. The van der Waals surface area contributed by atoms with Crippen LogP contribution in [0.2, 0.25) is 0 Å². The molecule has 0 atom stereocenters. The molecule has 0 unspecified atom stereocenters. The van der Waals surface area contributed by atoms with Gasteiger partial charge in [-0.05, 0) is 24.6 Å². The van der Waals surface area contributed by atoms with Crippen LogP contribution < -0.4 is 4.72 Å². The van der Waals surface area contributed by atoms with Gasteiger partial charge in [0.25, 0.3) is 0 Å². The predicted molar refractivity (Wildman–Crippen MR) is 72.1 cm³/mol. The van der Waals surface area contributed by atoms with Gasteiger partial charge >= 0.3 is 0 Å². The molecule has 0 saturated carbocycles. The first kappa shape index (κ1) is 14.2. The lowest BCUT2D eigenvalue weighted by atomic mass is 10.2. The van der Waals surface area contributed by atoms with Crippen LogP contribution in [-0.2, 0) is 16.4 Å². The number of hydrogen-bond acceptors (Lipinski definition) is 5. The van der Waals surface area contributed by atoms with Crippen molar-refractivity contribution in [2.45, 2.75) is 18.2 Å². The van der Waals surface area contributed by atoms with Crippen molar-refractivity contribution >= 4 is 26.0 Å². The van der Waals surface area contributed by atoms with Gasteiger partial charge in [0.05, 0.1) is 4.90 Å². The normalized spacial score (nSPS) is 11.7. The molecular formula is C11H12BrN3O3S. The van der Waals surface area contributed by atoms with Crippen LogP contribution >= 0.6 is 15.9 Å². The van der Waals surface area contributed by atoms with E-state index in [4.69, 9.17) is 0 Å². The summed E-state index contributed by atoms with van der Waals surface area (Å²) in [5, 5.41) is 3.61. The van der Waals surface area contributed by atoms with Crippen molar-refractivity contribution in [1.29, 1.82) is 0 Å². The van der Waals surface area contributed by atoms with Crippen LogP contribution in [0.15, 0.2) is 38.5 Å². The van der Waals surface area contributed by atoms with E-state index in [0.29, 0.717) is 17.8 Å². The highest BCUT2D eigenvalue weighted by Crippen LogP contribution is 2.20. The Morgan fingerprint density at radius 3 is 2.89 bits per heavy atom. The zero-order chi connectivity index (χ0) is 13.9. The van der Waals surface area contributed by atoms with Gasteiger partial charge < -0.3 is 4.52 Å². The second-order valence-electron chi connectivity index (χ2n) is 3.91. The smallest absolute Gasteiger partial charge is 0.240 e. The van der Waals surface area contributed by atoms with Crippen molar-refractivity contribution in [2.24, 2.45) is 0 Å². The third kappa shape index (κ3) is 3.62. The molecule has 0 aliphatic heterocycles. The molecule has 0 aliphatic rings. The van der Waals surface area contributed by atoms with E-state index in [1.807, 2.05) is 0 Å². The Labute approximate surface area is 119 Å². The summed E-state index contributed by atoms with van der Waals surface area (Å²) in [6, 6.07) is 5.12. The summed E-state index contributed by atoms with van der Waals surface area (Å²) in [6.07, 6.45) is 1.59. The fraction of sp³-hybridized carbons (Fsp3) is 0.273. The molecule has 0 radical (unpaired) electrons. The van der Waals surface area contributed by atoms with Gasteiger partial charge in [0.2, 0.25) is 16.4 Å². The first-order chi connectivity index (χ1) is 8.99. The molecule has 102 valence electrons. The molecule has 1 aromatic heterocycles. The zero-order valence-electron chi connectivity index (χ0n) is 10.1. The van der Waals surface area contributed by atoms with E-state index in [2.05, 4.69) is 35.3 Å². The maximum absolute atomic E-state index is 12.1. The maximum atomic E-state index is 12.1. The minimum atomic E-state index is -3.53. The number of rotatable bonds is 5. The molecule has 0 fully saturated rings. The Balaban J connectivity index is 2.07. The predicted octanol–water partition coefficient (Wildman–Crippen LogP) is 1.66. The van der Waals surface area contributed by atoms with Gasteiger partial charge in [0.15, 0.2) is 5.82 Å². The second-order valence-corrected chi connectivity index (χ2v) is 6.56. The summed E-state index contributed by atoms with van der Waals surface area (Å²) >= 11 is 3.26. The standard InChI is InChI=1S/C11H12BrN3O3S/c1-8-2-3-9(12)6-10(8)19(16,17)14-5-4-11-13-7-18-15-11/h2-3,6-7,14H,4-5H2,1H3. The first-order valence-electron chi connectivity index (χ1n) is 5.50. The van der Waals surface area contributed by atoms with E-state index in [1.165, 1.54) is 6.39 Å². The van der Waals surface area contributed by atoms with Gasteiger partial charge in [-0.1, -0.05) is 27.2 Å². The van der Waals surface area contributed by atoms with Crippen molar-refractivity contribution < 1.29 is 12.9 Å². The lowest BCUT2D eigenvalue weighted by molar-refractivity contribution is 0.410. The molecule has 1 N–H and O–H groups in total. The molecule has 0 aliphatic carbocycles. The number of benzene rings is 1. The van der Waals surface area contributed by atoms with Crippen LogP contribution in [0.5, 0.6) is 0 Å². The zero-order valence-corrected chi connectivity index (χ0v) is 12.5. The third-order valence-electron chi connectivity index (χ3n) is 2.49. The van der Waals surface area contributed by atoms with Gasteiger partial charge in [0, 0.05) is 17.4 Å². The van der Waals surface area contributed by atoms with Gasteiger partial charge in [0.1, 0.15) is 0 Å². The average molecular weight is 346 g/mol. The highest BCUT2D eigenvalue weighted by molar-refractivity contribution is 9.10. The highest BCUT2D eigenvalue weighted by Gasteiger charge is 2.16. The summed E-state index contributed by atoms with van der Waals surface area (Å²) in [5.74, 6) is 0.466. The fourth-order valence-corrected chi connectivity index (χ4v) is 3.35. The topological polar surface area (TPSA) is 85.1 Å². The molecule has 1 aromatic carbocycles. The molecule has 2 aromatic rings. The van der Waals surface area contributed by atoms with Crippen molar-refractivity contribution in [3.63, 3.8) is 0 Å². The molecule has 19 heavy (non-hydrogen) atoms. The molecule has 0 amide bonds. The maximum Gasteiger partial charge on any atom is 0.240 e. The third-order valence-corrected chi connectivity index (χ3v) is 4.58. The van der Waals surface area contributed by atoms with Crippen LogP contribution in [0.4, 0.5) is 0 Å². The summed E-state index contributed by atoms with van der Waals surface area (Å²) in [6.45, 7) is 1.97. The Bertz CT molecular complexity index is 656. The van der Waals surface area contributed by atoms with Gasteiger partial charge in [-0.25, -0.2) is 13.1 Å². The summed E-state index contributed by atoms with van der Waals surface area (Å²) < 4.78 is 32.1. The van der Waals surface area contributed by atoms with Crippen LogP contribution in [-0.4, -0.2) is 25.1 Å². The van der Waals surface area contributed by atoms with Gasteiger partial charge in [-0.3, -0.25) is 0 Å². The number of hydrogen-bond donors (Lipinski definition) is 1. The quantitative estimate of drug-likeness (QED) is 0.890. The van der Waals surface area contributed by atoms with Crippen molar-refractivity contribution in [3.05, 3.63) is 40.5 Å². The molecule has 0 bridgehead atoms. The molecule has 2 rings (SSSR count). The average Bonchev–Trinajstić information content (AvgIpc) is 2.85.